The van der Waals surface area contributed by atoms with E-state index in [9.17, 15) is 14.4 Å². The van der Waals surface area contributed by atoms with Crippen molar-refractivity contribution in [2.24, 2.45) is 5.92 Å². The maximum absolute atomic E-state index is 13.1. The number of amides is 3. The highest BCUT2D eigenvalue weighted by atomic mass is 32.2. The molecule has 2 fully saturated rings. The van der Waals surface area contributed by atoms with E-state index in [4.69, 9.17) is 0 Å². The van der Waals surface area contributed by atoms with Crippen molar-refractivity contribution in [3.8, 4) is 0 Å². The zero-order valence-electron chi connectivity index (χ0n) is 18.7. The van der Waals surface area contributed by atoms with Crippen molar-refractivity contribution >= 4 is 29.5 Å². The molecule has 1 saturated heterocycles. The van der Waals surface area contributed by atoms with Crippen molar-refractivity contribution in [1.29, 1.82) is 0 Å². The quantitative estimate of drug-likeness (QED) is 0.629. The first-order valence-electron chi connectivity index (χ1n) is 11.5. The first kappa shape index (κ1) is 23.6. The van der Waals surface area contributed by atoms with Crippen LogP contribution in [-0.4, -0.2) is 53.5 Å². The number of hydrogen-bond donors (Lipinski definition) is 2. The zero-order chi connectivity index (χ0) is 22.2. The Morgan fingerprint density at radius 1 is 1.03 bits per heavy atom. The average Bonchev–Trinajstić information content (AvgIpc) is 2.78. The van der Waals surface area contributed by atoms with Crippen LogP contribution in [0.15, 0.2) is 29.2 Å². The summed E-state index contributed by atoms with van der Waals surface area (Å²) in [7, 11) is 0. The van der Waals surface area contributed by atoms with E-state index in [0.717, 1.165) is 43.4 Å². The van der Waals surface area contributed by atoms with E-state index in [1.54, 1.807) is 0 Å². The Labute approximate surface area is 189 Å². The van der Waals surface area contributed by atoms with Crippen LogP contribution in [0, 0.1) is 5.92 Å². The Morgan fingerprint density at radius 2 is 1.71 bits per heavy atom. The van der Waals surface area contributed by atoms with Gasteiger partial charge in [0.1, 0.15) is 0 Å². The van der Waals surface area contributed by atoms with E-state index in [0.29, 0.717) is 18.7 Å². The third-order valence-electron chi connectivity index (χ3n) is 6.03. The van der Waals surface area contributed by atoms with E-state index in [1.165, 1.54) is 18.2 Å². The van der Waals surface area contributed by atoms with Crippen LogP contribution < -0.4 is 10.6 Å². The summed E-state index contributed by atoms with van der Waals surface area (Å²) in [6, 6.07) is 7.75. The number of nitrogens with zero attached hydrogens (tertiary/aromatic N) is 1. The number of carbonyl (C=O) groups is 3. The van der Waals surface area contributed by atoms with Crippen LogP contribution in [0.25, 0.3) is 0 Å². The van der Waals surface area contributed by atoms with Gasteiger partial charge in [0.2, 0.25) is 11.8 Å². The summed E-state index contributed by atoms with van der Waals surface area (Å²) in [6.07, 6.45) is 7.14. The SMILES string of the molecule is CC(C)NC(=O)CSc1ccccc1C(=O)N1CCC(NC(=O)C2CCCCC2)CC1. The molecule has 31 heavy (non-hydrogen) atoms. The second-order valence-electron chi connectivity index (χ2n) is 8.92. The molecule has 0 atom stereocenters. The molecule has 0 bridgehead atoms. The summed E-state index contributed by atoms with van der Waals surface area (Å²) >= 11 is 1.40. The summed E-state index contributed by atoms with van der Waals surface area (Å²) in [5, 5.41) is 6.10. The normalized spacial score (nSPS) is 18.1. The minimum absolute atomic E-state index is 0.00410. The summed E-state index contributed by atoms with van der Waals surface area (Å²) in [5.41, 5.74) is 0.648. The van der Waals surface area contributed by atoms with Crippen LogP contribution in [0.2, 0.25) is 0 Å². The van der Waals surface area contributed by atoms with Gasteiger partial charge in [0.15, 0.2) is 0 Å². The molecular weight excluding hydrogens is 410 g/mol. The predicted molar refractivity (Wildman–Crippen MR) is 124 cm³/mol. The van der Waals surface area contributed by atoms with E-state index in [-0.39, 0.29) is 41.5 Å². The number of hydrogen-bond acceptors (Lipinski definition) is 4. The Hall–Kier alpha value is -2.02. The molecule has 6 nitrogen and oxygen atoms in total. The zero-order valence-corrected chi connectivity index (χ0v) is 19.5. The lowest BCUT2D eigenvalue weighted by Crippen LogP contribution is -2.48. The van der Waals surface area contributed by atoms with Gasteiger partial charge in [-0.05, 0) is 51.7 Å². The van der Waals surface area contributed by atoms with Crippen molar-refractivity contribution in [3.05, 3.63) is 29.8 Å². The topological polar surface area (TPSA) is 78.5 Å². The fraction of sp³-hybridized carbons (Fsp3) is 0.625. The molecule has 1 heterocycles. The molecule has 3 amide bonds. The highest BCUT2D eigenvalue weighted by molar-refractivity contribution is 8.00. The number of benzene rings is 1. The van der Waals surface area contributed by atoms with E-state index in [2.05, 4.69) is 10.6 Å². The molecule has 0 aromatic heterocycles. The van der Waals surface area contributed by atoms with E-state index >= 15 is 0 Å². The van der Waals surface area contributed by atoms with Crippen molar-refractivity contribution < 1.29 is 14.4 Å². The van der Waals surface area contributed by atoms with E-state index in [1.807, 2.05) is 43.0 Å². The van der Waals surface area contributed by atoms with Crippen molar-refractivity contribution in [3.63, 3.8) is 0 Å². The molecule has 3 rings (SSSR count). The third-order valence-corrected chi connectivity index (χ3v) is 7.10. The Bertz CT molecular complexity index is 769. The standard InChI is InChI=1S/C24H35N3O3S/c1-17(2)25-22(28)16-31-21-11-7-6-10-20(21)24(30)27-14-12-19(13-15-27)26-23(29)18-8-4-3-5-9-18/h6-7,10-11,17-19H,3-5,8-9,12-16H2,1-2H3,(H,25,28)(H,26,29). The molecule has 0 unspecified atom stereocenters. The second-order valence-corrected chi connectivity index (χ2v) is 9.93. The maximum atomic E-state index is 13.1. The molecule has 170 valence electrons. The summed E-state index contributed by atoms with van der Waals surface area (Å²) in [6.45, 7) is 5.14. The molecule has 1 aromatic rings. The van der Waals surface area contributed by atoms with E-state index < -0.39 is 0 Å². The maximum Gasteiger partial charge on any atom is 0.254 e. The lowest BCUT2D eigenvalue weighted by Gasteiger charge is -2.34. The fourth-order valence-corrected chi connectivity index (χ4v) is 5.21. The van der Waals surface area contributed by atoms with Gasteiger partial charge in [-0.2, -0.15) is 0 Å². The molecule has 1 aliphatic heterocycles. The van der Waals surface area contributed by atoms with Gasteiger partial charge < -0.3 is 15.5 Å². The Morgan fingerprint density at radius 3 is 2.39 bits per heavy atom. The molecule has 1 aromatic carbocycles. The number of piperidine rings is 1. The van der Waals surface area contributed by atoms with Gasteiger partial charge in [0, 0.05) is 36.0 Å². The molecule has 0 spiro atoms. The number of likely N-dealkylation sites (tertiary alicyclic amines) is 1. The van der Waals surface area contributed by atoms with Gasteiger partial charge in [0.05, 0.1) is 11.3 Å². The van der Waals surface area contributed by atoms with Crippen LogP contribution in [0.1, 0.15) is 69.2 Å². The second kappa shape index (κ2) is 11.6. The first-order chi connectivity index (χ1) is 14.9. The molecule has 1 aliphatic carbocycles. The fourth-order valence-electron chi connectivity index (χ4n) is 4.36. The van der Waals surface area contributed by atoms with Gasteiger partial charge in [-0.1, -0.05) is 31.4 Å². The summed E-state index contributed by atoms with van der Waals surface area (Å²) in [4.78, 5) is 40.3. The van der Waals surface area contributed by atoms with Gasteiger partial charge >= 0.3 is 0 Å². The average molecular weight is 446 g/mol. The van der Waals surface area contributed by atoms with Crippen LogP contribution in [0.3, 0.4) is 0 Å². The van der Waals surface area contributed by atoms with Gasteiger partial charge in [0.25, 0.3) is 5.91 Å². The summed E-state index contributed by atoms with van der Waals surface area (Å²) in [5.74, 6) is 0.634. The molecular formula is C24H35N3O3S. The third kappa shape index (κ3) is 6.99. The Kier molecular flexibility index (Phi) is 8.81. The van der Waals surface area contributed by atoms with Crippen molar-refractivity contribution in [2.45, 2.75) is 75.8 Å². The monoisotopic (exact) mass is 445 g/mol. The van der Waals surface area contributed by atoms with Crippen LogP contribution in [0.5, 0.6) is 0 Å². The highest BCUT2D eigenvalue weighted by Gasteiger charge is 2.28. The van der Waals surface area contributed by atoms with Gasteiger partial charge in [-0.3, -0.25) is 14.4 Å². The minimum Gasteiger partial charge on any atom is -0.353 e. The molecule has 1 saturated carbocycles. The Balaban J connectivity index is 1.51. The molecule has 2 N–H and O–H groups in total. The number of rotatable bonds is 7. The van der Waals surface area contributed by atoms with Crippen LogP contribution >= 0.6 is 11.8 Å². The van der Waals surface area contributed by atoms with Crippen molar-refractivity contribution in [2.75, 3.05) is 18.8 Å². The minimum atomic E-state index is -0.0308. The summed E-state index contributed by atoms with van der Waals surface area (Å²) < 4.78 is 0. The molecule has 0 radical (unpaired) electrons. The molecule has 2 aliphatic rings. The smallest absolute Gasteiger partial charge is 0.254 e. The number of carbonyl (C=O) groups excluding carboxylic acids is 3. The lowest BCUT2D eigenvalue weighted by atomic mass is 9.88. The highest BCUT2D eigenvalue weighted by Crippen LogP contribution is 2.26. The van der Waals surface area contributed by atoms with Gasteiger partial charge in [-0.25, -0.2) is 0 Å². The number of thioether (sulfide) groups is 1. The van der Waals surface area contributed by atoms with Crippen LogP contribution in [0.4, 0.5) is 0 Å². The predicted octanol–water partition coefficient (Wildman–Crippen LogP) is 3.60. The largest absolute Gasteiger partial charge is 0.353 e. The first-order valence-corrected chi connectivity index (χ1v) is 12.5. The van der Waals surface area contributed by atoms with Gasteiger partial charge in [-0.15, -0.1) is 11.8 Å². The van der Waals surface area contributed by atoms with Crippen molar-refractivity contribution in [1.82, 2.24) is 15.5 Å². The van der Waals surface area contributed by atoms with Crippen LogP contribution in [-0.2, 0) is 9.59 Å². The lowest BCUT2D eigenvalue weighted by molar-refractivity contribution is -0.127. The molecule has 7 heteroatoms. The number of nitrogens with one attached hydrogen (secondary N) is 2.